The number of hydrazine groups is 1. The number of methoxy groups -OCH3 is 2. The number of rotatable bonds is 3. The lowest BCUT2D eigenvalue weighted by Gasteiger charge is -2.09. The zero-order valence-electron chi connectivity index (χ0n) is 9.44. The van der Waals surface area contributed by atoms with Crippen molar-refractivity contribution in [1.29, 1.82) is 0 Å². The normalized spacial score (nSPS) is 9.29. The molecule has 0 saturated carbocycles. The van der Waals surface area contributed by atoms with Crippen LogP contribution in [0.15, 0.2) is 18.2 Å². The Morgan fingerprint density at radius 1 is 1.12 bits per heavy atom. The largest absolute Gasteiger partial charge is 0.493 e. The quantitative estimate of drug-likeness (QED) is 0.647. The van der Waals surface area contributed by atoms with Gasteiger partial charge in [0.1, 0.15) is 0 Å². The van der Waals surface area contributed by atoms with Crippen molar-refractivity contribution in [3.05, 3.63) is 23.8 Å². The second kappa shape index (κ2) is 5.59. The highest BCUT2D eigenvalue weighted by atomic mass is 16.5. The molecule has 1 aromatic carbocycles. The van der Waals surface area contributed by atoms with E-state index in [9.17, 15) is 9.59 Å². The van der Waals surface area contributed by atoms with Gasteiger partial charge in [-0.1, -0.05) is 0 Å². The van der Waals surface area contributed by atoms with Crippen LogP contribution < -0.4 is 26.1 Å². The third-order valence-electron chi connectivity index (χ3n) is 1.94. The Hall–Kier alpha value is -2.44. The molecule has 7 nitrogen and oxygen atoms in total. The van der Waals surface area contributed by atoms with E-state index in [1.807, 2.05) is 5.43 Å². The van der Waals surface area contributed by atoms with Crippen LogP contribution in [0.25, 0.3) is 0 Å². The molecule has 0 saturated heterocycles. The smallest absolute Gasteiger partial charge is 0.330 e. The second-order valence-corrected chi connectivity index (χ2v) is 3.01. The number of primary amides is 1. The lowest BCUT2D eigenvalue weighted by molar-refractivity contribution is 0.0937. The fourth-order valence-electron chi connectivity index (χ4n) is 1.17. The summed E-state index contributed by atoms with van der Waals surface area (Å²) in [6.45, 7) is 0. The van der Waals surface area contributed by atoms with Crippen LogP contribution in [0.1, 0.15) is 10.4 Å². The number of amides is 3. The average Bonchev–Trinajstić information content (AvgIpc) is 2.34. The van der Waals surface area contributed by atoms with Crippen LogP contribution in [0, 0.1) is 0 Å². The predicted octanol–water partition coefficient (Wildman–Crippen LogP) is 0.0169. The maximum Gasteiger partial charge on any atom is 0.330 e. The van der Waals surface area contributed by atoms with Gasteiger partial charge in [-0.2, -0.15) is 0 Å². The number of urea groups is 1. The summed E-state index contributed by atoms with van der Waals surface area (Å²) < 4.78 is 10.1. The number of ether oxygens (including phenoxy) is 2. The van der Waals surface area contributed by atoms with E-state index in [0.29, 0.717) is 17.1 Å². The van der Waals surface area contributed by atoms with Crippen LogP contribution in [0.5, 0.6) is 11.5 Å². The fraction of sp³-hybridized carbons (Fsp3) is 0.200. The number of hydrogen-bond acceptors (Lipinski definition) is 4. The molecule has 0 aromatic heterocycles. The molecule has 1 aromatic rings. The molecule has 0 radical (unpaired) electrons. The molecule has 1 rings (SSSR count). The Balaban J connectivity index is 2.84. The third-order valence-corrected chi connectivity index (χ3v) is 1.94. The van der Waals surface area contributed by atoms with E-state index in [-0.39, 0.29) is 0 Å². The molecule has 0 unspecified atom stereocenters. The predicted molar refractivity (Wildman–Crippen MR) is 59.7 cm³/mol. The summed E-state index contributed by atoms with van der Waals surface area (Å²) in [5.41, 5.74) is 9.22. The number of nitrogens with two attached hydrogens (primary N) is 1. The summed E-state index contributed by atoms with van der Waals surface area (Å²) in [6.07, 6.45) is 0. The van der Waals surface area contributed by atoms with Crippen molar-refractivity contribution in [3.8, 4) is 11.5 Å². The van der Waals surface area contributed by atoms with Crippen molar-refractivity contribution in [3.63, 3.8) is 0 Å². The average molecular weight is 239 g/mol. The van der Waals surface area contributed by atoms with Gasteiger partial charge in [-0.3, -0.25) is 10.2 Å². The van der Waals surface area contributed by atoms with E-state index >= 15 is 0 Å². The minimum Gasteiger partial charge on any atom is -0.493 e. The maximum atomic E-state index is 11.5. The van der Waals surface area contributed by atoms with Gasteiger partial charge in [0.2, 0.25) is 0 Å². The summed E-state index contributed by atoms with van der Waals surface area (Å²) in [6, 6.07) is 3.74. The molecule has 0 aliphatic carbocycles. The van der Waals surface area contributed by atoms with Crippen LogP contribution in [0.4, 0.5) is 4.79 Å². The van der Waals surface area contributed by atoms with E-state index in [1.165, 1.54) is 26.4 Å². The molecular weight excluding hydrogens is 226 g/mol. The number of benzene rings is 1. The molecule has 7 heteroatoms. The van der Waals surface area contributed by atoms with Gasteiger partial charge < -0.3 is 15.2 Å². The molecule has 0 spiro atoms. The Morgan fingerprint density at radius 2 is 1.76 bits per heavy atom. The van der Waals surface area contributed by atoms with Gasteiger partial charge in [0.15, 0.2) is 11.5 Å². The first kappa shape index (κ1) is 12.6. The lowest BCUT2D eigenvalue weighted by atomic mass is 10.2. The van der Waals surface area contributed by atoms with Crippen molar-refractivity contribution >= 4 is 11.9 Å². The zero-order chi connectivity index (χ0) is 12.8. The van der Waals surface area contributed by atoms with Crippen LogP contribution in [-0.4, -0.2) is 26.2 Å². The lowest BCUT2D eigenvalue weighted by Crippen LogP contribution is -2.44. The van der Waals surface area contributed by atoms with E-state index in [2.05, 4.69) is 5.43 Å². The molecule has 92 valence electrons. The minimum atomic E-state index is -0.848. The van der Waals surface area contributed by atoms with Crippen molar-refractivity contribution in [2.75, 3.05) is 14.2 Å². The van der Waals surface area contributed by atoms with Gasteiger partial charge in [0.05, 0.1) is 14.2 Å². The van der Waals surface area contributed by atoms with Crippen LogP contribution in [0.3, 0.4) is 0 Å². The second-order valence-electron chi connectivity index (χ2n) is 3.01. The van der Waals surface area contributed by atoms with E-state index < -0.39 is 11.9 Å². The first-order chi connectivity index (χ1) is 8.08. The SMILES string of the molecule is COc1ccc(C(=O)NNC(N)=O)cc1OC. The van der Waals surface area contributed by atoms with Crippen molar-refractivity contribution < 1.29 is 19.1 Å². The van der Waals surface area contributed by atoms with Crippen molar-refractivity contribution in [1.82, 2.24) is 10.9 Å². The van der Waals surface area contributed by atoms with Gasteiger partial charge in [-0.25, -0.2) is 10.2 Å². The molecule has 0 bridgehead atoms. The van der Waals surface area contributed by atoms with Gasteiger partial charge in [-0.05, 0) is 18.2 Å². The minimum absolute atomic E-state index is 0.302. The van der Waals surface area contributed by atoms with Crippen LogP contribution >= 0.6 is 0 Å². The van der Waals surface area contributed by atoms with E-state index in [0.717, 1.165) is 0 Å². The summed E-state index contributed by atoms with van der Waals surface area (Å²) in [4.78, 5) is 21.9. The molecular formula is C10H13N3O4. The monoisotopic (exact) mass is 239 g/mol. The zero-order valence-corrected chi connectivity index (χ0v) is 9.44. The summed E-state index contributed by atoms with van der Waals surface area (Å²) in [5, 5.41) is 0. The fourth-order valence-corrected chi connectivity index (χ4v) is 1.17. The Morgan fingerprint density at radius 3 is 2.29 bits per heavy atom. The highest BCUT2D eigenvalue weighted by Crippen LogP contribution is 2.27. The Bertz CT molecular complexity index is 434. The molecule has 17 heavy (non-hydrogen) atoms. The Kier molecular flexibility index (Phi) is 4.15. The standard InChI is InChI=1S/C10H13N3O4/c1-16-7-4-3-6(5-8(7)17-2)9(14)12-13-10(11)15/h3-5H,1-2H3,(H,12,14)(H3,11,13,15). The Labute approximate surface area is 97.9 Å². The molecule has 0 aliphatic rings. The number of nitrogens with one attached hydrogen (secondary N) is 2. The van der Waals surface area contributed by atoms with E-state index in [4.69, 9.17) is 15.2 Å². The number of hydrogen-bond donors (Lipinski definition) is 3. The van der Waals surface area contributed by atoms with E-state index in [1.54, 1.807) is 6.07 Å². The summed E-state index contributed by atoms with van der Waals surface area (Å²) in [7, 11) is 2.95. The summed E-state index contributed by atoms with van der Waals surface area (Å²) in [5.74, 6) is 0.413. The van der Waals surface area contributed by atoms with Crippen LogP contribution in [0.2, 0.25) is 0 Å². The third kappa shape index (κ3) is 3.26. The van der Waals surface area contributed by atoms with Crippen molar-refractivity contribution in [2.45, 2.75) is 0 Å². The van der Waals surface area contributed by atoms with Gasteiger partial charge in [-0.15, -0.1) is 0 Å². The first-order valence-electron chi connectivity index (χ1n) is 4.66. The van der Waals surface area contributed by atoms with Gasteiger partial charge in [0.25, 0.3) is 5.91 Å². The highest BCUT2D eigenvalue weighted by Gasteiger charge is 2.10. The van der Waals surface area contributed by atoms with Crippen molar-refractivity contribution in [2.24, 2.45) is 5.73 Å². The molecule has 0 aliphatic heterocycles. The maximum absolute atomic E-state index is 11.5. The molecule has 0 heterocycles. The molecule has 4 N–H and O–H groups in total. The topological polar surface area (TPSA) is 103 Å². The molecule has 0 fully saturated rings. The summed E-state index contributed by atoms with van der Waals surface area (Å²) >= 11 is 0. The van der Waals surface area contributed by atoms with Crippen LogP contribution in [-0.2, 0) is 0 Å². The first-order valence-corrected chi connectivity index (χ1v) is 4.66. The number of carbonyl (C=O) groups is 2. The van der Waals surface area contributed by atoms with Gasteiger partial charge in [0, 0.05) is 5.56 Å². The van der Waals surface area contributed by atoms with Gasteiger partial charge >= 0.3 is 6.03 Å². The highest BCUT2D eigenvalue weighted by molar-refractivity contribution is 5.95. The number of carbonyl (C=O) groups excluding carboxylic acids is 2. The molecule has 3 amide bonds. The molecule has 0 atom stereocenters.